The Hall–Kier alpha value is -3.76. The summed E-state index contributed by atoms with van der Waals surface area (Å²) in [6.07, 6.45) is 0. The van der Waals surface area contributed by atoms with E-state index in [0.29, 0.717) is 37.9 Å². The van der Waals surface area contributed by atoms with Gasteiger partial charge in [-0.3, -0.25) is 0 Å². The second-order valence-electron chi connectivity index (χ2n) is 7.45. The first-order chi connectivity index (χ1) is 15.8. The van der Waals surface area contributed by atoms with E-state index >= 15 is 0 Å². The van der Waals surface area contributed by atoms with Crippen molar-refractivity contribution < 1.29 is 19.3 Å². The van der Waals surface area contributed by atoms with Gasteiger partial charge in [-0.15, -0.1) is 0 Å². The Bertz CT molecular complexity index is 1100. The quantitative estimate of drug-likeness (QED) is 0.325. The molecule has 0 heterocycles. The molecule has 0 unspecified atom stereocenters. The van der Waals surface area contributed by atoms with Gasteiger partial charge in [0.2, 0.25) is 0 Å². The van der Waals surface area contributed by atoms with Crippen LogP contribution < -0.4 is 9.47 Å². The molecule has 0 aliphatic rings. The van der Waals surface area contributed by atoms with Gasteiger partial charge >= 0.3 is 0 Å². The van der Waals surface area contributed by atoms with E-state index in [9.17, 15) is 5.11 Å². The Morgan fingerprint density at radius 3 is 1.50 bits per heavy atom. The molecule has 1 N–H and O–H groups in total. The maximum Gasteiger partial charge on any atom is 0.165 e. The van der Waals surface area contributed by atoms with E-state index in [1.807, 2.05) is 91.0 Å². The third-order valence-corrected chi connectivity index (χ3v) is 4.99. The summed E-state index contributed by atoms with van der Waals surface area (Å²) in [6.45, 7) is 1.56. The van der Waals surface area contributed by atoms with E-state index in [1.165, 1.54) is 0 Å². The van der Waals surface area contributed by atoms with Gasteiger partial charge in [-0.1, -0.05) is 91.0 Å². The molecule has 0 fully saturated rings. The second kappa shape index (κ2) is 11.0. The van der Waals surface area contributed by atoms with Crippen LogP contribution in [0.1, 0.15) is 22.3 Å². The molecule has 4 rings (SSSR count). The van der Waals surface area contributed by atoms with Crippen molar-refractivity contribution >= 4 is 0 Å². The van der Waals surface area contributed by atoms with Gasteiger partial charge in [-0.25, -0.2) is 0 Å². The fourth-order valence-electron chi connectivity index (χ4n) is 3.28. The molecule has 0 saturated heterocycles. The lowest BCUT2D eigenvalue weighted by atomic mass is 10.1. The molecule has 0 saturated carbocycles. The molecule has 4 heteroatoms. The molecule has 0 aliphatic heterocycles. The lowest BCUT2D eigenvalue weighted by Crippen LogP contribution is -2.03. The standard InChI is InChI=1S/C28H26O4/c29-26-16-25(21-30-18-22-10-4-1-5-11-22)27(31-19-23-12-6-2-7-13-23)17-28(26)32-20-24-14-8-3-9-15-24/h1-17,29H,18-21H2. The van der Waals surface area contributed by atoms with E-state index in [2.05, 4.69) is 0 Å². The first kappa shape index (κ1) is 21.5. The zero-order valence-corrected chi connectivity index (χ0v) is 17.8. The average molecular weight is 427 g/mol. The maximum absolute atomic E-state index is 10.6. The third-order valence-electron chi connectivity index (χ3n) is 4.99. The van der Waals surface area contributed by atoms with Crippen LogP contribution in [0.2, 0.25) is 0 Å². The van der Waals surface area contributed by atoms with Crippen molar-refractivity contribution in [1.29, 1.82) is 0 Å². The Morgan fingerprint density at radius 2 is 0.969 bits per heavy atom. The number of phenolic OH excluding ortho intramolecular Hbond substituents is 1. The lowest BCUT2D eigenvalue weighted by molar-refractivity contribution is 0.104. The monoisotopic (exact) mass is 426 g/mol. The number of aromatic hydroxyl groups is 1. The van der Waals surface area contributed by atoms with Crippen LogP contribution in [0.15, 0.2) is 103 Å². The second-order valence-corrected chi connectivity index (χ2v) is 7.45. The minimum Gasteiger partial charge on any atom is -0.504 e. The minimum absolute atomic E-state index is 0.0614. The summed E-state index contributed by atoms with van der Waals surface area (Å²) in [7, 11) is 0. The summed E-state index contributed by atoms with van der Waals surface area (Å²) in [6, 6.07) is 33.2. The summed E-state index contributed by atoms with van der Waals surface area (Å²) in [5.74, 6) is 1.07. The first-order valence-corrected chi connectivity index (χ1v) is 10.6. The molecule has 0 aromatic heterocycles. The van der Waals surface area contributed by atoms with E-state index in [4.69, 9.17) is 14.2 Å². The molecular formula is C28H26O4. The van der Waals surface area contributed by atoms with Gasteiger partial charge in [-0.2, -0.15) is 0 Å². The van der Waals surface area contributed by atoms with Crippen LogP contribution in [0.4, 0.5) is 0 Å². The zero-order valence-electron chi connectivity index (χ0n) is 17.8. The molecular weight excluding hydrogens is 400 g/mol. The normalized spacial score (nSPS) is 10.6. The van der Waals surface area contributed by atoms with E-state index in [0.717, 1.165) is 22.3 Å². The molecule has 0 radical (unpaired) electrons. The highest BCUT2D eigenvalue weighted by Crippen LogP contribution is 2.35. The fourth-order valence-corrected chi connectivity index (χ4v) is 3.28. The number of benzene rings is 4. The Labute approximate surface area is 188 Å². The minimum atomic E-state index is 0.0614. The van der Waals surface area contributed by atoms with Gasteiger partial charge in [0.05, 0.1) is 13.2 Å². The van der Waals surface area contributed by atoms with Crippen LogP contribution >= 0.6 is 0 Å². The van der Waals surface area contributed by atoms with Gasteiger partial charge in [-0.05, 0) is 22.8 Å². The predicted molar refractivity (Wildman–Crippen MR) is 125 cm³/mol. The number of hydrogen-bond donors (Lipinski definition) is 1. The highest BCUT2D eigenvalue weighted by atomic mass is 16.5. The van der Waals surface area contributed by atoms with E-state index in [1.54, 1.807) is 12.1 Å². The zero-order chi connectivity index (χ0) is 22.0. The molecule has 4 nitrogen and oxygen atoms in total. The third kappa shape index (κ3) is 6.13. The maximum atomic E-state index is 10.6. The molecule has 4 aromatic carbocycles. The van der Waals surface area contributed by atoms with E-state index in [-0.39, 0.29) is 5.75 Å². The lowest BCUT2D eigenvalue weighted by Gasteiger charge is -2.16. The van der Waals surface area contributed by atoms with Crippen molar-refractivity contribution in [2.24, 2.45) is 0 Å². The van der Waals surface area contributed by atoms with Crippen LogP contribution in [0.25, 0.3) is 0 Å². The molecule has 0 atom stereocenters. The largest absolute Gasteiger partial charge is 0.504 e. The summed E-state index contributed by atoms with van der Waals surface area (Å²) < 4.78 is 17.9. The predicted octanol–water partition coefficient (Wildman–Crippen LogP) is 6.27. The van der Waals surface area contributed by atoms with Crippen molar-refractivity contribution in [3.63, 3.8) is 0 Å². The van der Waals surface area contributed by atoms with Crippen molar-refractivity contribution in [2.45, 2.75) is 26.4 Å². The Balaban J connectivity index is 1.49. The summed E-state index contributed by atoms with van der Waals surface area (Å²) in [5.41, 5.74) is 3.94. The van der Waals surface area contributed by atoms with E-state index < -0.39 is 0 Å². The van der Waals surface area contributed by atoms with Crippen molar-refractivity contribution in [1.82, 2.24) is 0 Å². The summed E-state index contributed by atoms with van der Waals surface area (Å²) >= 11 is 0. The van der Waals surface area contributed by atoms with Crippen molar-refractivity contribution in [3.8, 4) is 17.2 Å². The van der Waals surface area contributed by atoms with Gasteiger partial charge in [0.25, 0.3) is 0 Å². The summed E-state index contributed by atoms with van der Waals surface area (Å²) in [4.78, 5) is 0. The molecule has 0 spiro atoms. The van der Waals surface area contributed by atoms with Crippen LogP contribution in [-0.2, 0) is 31.2 Å². The first-order valence-electron chi connectivity index (χ1n) is 10.6. The smallest absolute Gasteiger partial charge is 0.165 e. The van der Waals surface area contributed by atoms with Crippen LogP contribution in [0, 0.1) is 0 Å². The molecule has 0 aliphatic carbocycles. The molecule has 4 aromatic rings. The van der Waals surface area contributed by atoms with Crippen LogP contribution in [0.3, 0.4) is 0 Å². The van der Waals surface area contributed by atoms with Crippen molar-refractivity contribution in [2.75, 3.05) is 0 Å². The molecule has 0 bridgehead atoms. The highest BCUT2D eigenvalue weighted by Gasteiger charge is 2.13. The van der Waals surface area contributed by atoms with Crippen molar-refractivity contribution in [3.05, 3.63) is 125 Å². The Morgan fingerprint density at radius 1 is 0.500 bits per heavy atom. The fraction of sp³-hybridized carbons (Fsp3) is 0.143. The SMILES string of the molecule is Oc1cc(COCc2ccccc2)c(OCc2ccccc2)cc1OCc1ccccc1. The van der Waals surface area contributed by atoms with Gasteiger partial charge in [0.15, 0.2) is 11.5 Å². The molecule has 32 heavy (non-hydrogen) atoms. The van der Waals surface area contributed by atoms with Gasteiger partial charge in [0.1, 0.15) is 19.0 Å². The van der Waals surface area contributed by atoms with Gasteiger partial charge < -0.3 is 19.3 Å². The summed E-state index contributed by atoms with van der Waals surface area (Å²) in [5, 5.41) is 10.6. The van der Waals surface area contributed by atoms with Gasteiger partial charge in [0, 0.05) is 11.6 Å². The molecule has 162 valence electrons. The number of phenols is 1. The number of rotatable bonds is 10. The topological polar surface area (TPSA) is 47.9 Å². The number of hydrogen-bond acceptors (Lipinski definition) is 4. The average Bonchev–Trinajstić information content (AvgIpc) is 2.85. The van der Waals surface area contributed by atoms with Crippen LogP contribution in [0.5, 0.6) is 17.2 Å². The molecule has 0 amide bonds. The Kier molecular flexibility index (Phi) is 7.40. The highest BCUT2D eigenvalue weighted by molar-refractivity contribution is 5.50. The number of ether oxygens (including phenoxy) is 3. The van der Waals surface area contributed by atoms with Crippen LogP contribution in [-0.4, -0.2) is 5.11 Å².